The molecule has 3 rings (SSSR count). The van der Waals surface area contributed by atoms with Crippen molar-refractivity contribution < 1.29 is 18.7 Å². The van der Waals surface area contributed by atoms with Crippen LogP contribution in [0.5, 0.6) is 0 Å². The summed E-state index contributed by atoms with van der Waals surface area (Å²) in [7, 11) is 0. The van der Waals surface area contributed by atoms with Crippen molar-refractivity contribution in [2.45, 2.75) is 37.1 Å². The second-order valence-corrected chi connectivity index (χ2v) is 6.18. The van der Waals surface area contributed by atoms with Crippen LogP contribution in [0.1, 0.15) is 31.2 Å². The molecule has 0 radical (unpaired) electrons. The van der Waals surface area contributed by atoms with E-state index in [2.05, 4.69) is 5.32 Å². The van der Waals surface area contributed by atoms with Gasteiger partial charge in [-0.25, -0.2) is 13.6 Å². The molecule has 2 fully saturated rings. The van der Waals surface area contributed by atoms with E-state index in [1.807, 2.05) is 0 Å². The number of nitrogens with one attached hydrogen (secondary N) is 1. The fourth-order valence-electron chi connectivity index (χ4n) is 2.96. The third-order valence-corrected chi connectivity index (χ3v) is 4.51. The zero-order valence-corrected chi connectivity index (χ0v) is 12.3. The van der Waals surface area contributed by atoms with Gasteiger partial charge in [-0.1, -0.05) is 6.07 Å². The van der Waals surface area contributed by atoms with Crippen molar-refractivity contribution in [2.75, 3.05) is 19.7 Å². The number of amides is 2. The molecule has 120 valence electrons. The minimum Gasteiger partial charge on any atom is -0.395 e. The molecule has 0 aromatic heterocycles. The molecule has 22 heavy (non-hydrogen) atoms. The molecule has 0 heterocycles. The molecule has 0 bridgehead atoms. The highest BCUT2D eigenvalue weighted by molar-refractivity contribution is 5.75. The number of urea groups is 1. The first-order chi connectivity index (χ1) is 10.6. The van der Waals surface area contributed by atoms with Crippen LogP contribution in [0.2, 0.25) is 0 Å². The average Bonchev–Trinajstić information content (AvgIpc) is 3.37. The maximum Gasteiger partial charge on any atom is 0.317 e. The Kier molecular flexibility index (Phi) is 4.04. The molecule has 2 saturated carbocycles. The average molecular weight is 310 g/mol. The smallest absolute Gasteiger partial charge is 0.317 e. The Morgan fingerprint density at radius 3 is 2.45 bits per heavy atom. The maximum absolute atomic E-state index is 13.9. The lowest BCUT2D eigenvalue weighted by Gasteiger charge is -2.24. The van der Waals surface area contributed by atoms with Gasteiger partial charge in [0.25, 0.3) is 0 Å². The zero-order chi connectivity index (χ0) is 15.7. The molecule has 4 nitrogen and oxygen atoms in total. The van der Waals surface area contributed by atoms with Gasteiger partial charge in [0.05, 0.1) is 6.61 Å². The van der Waals surface area contributed by atoms with E-state index in [4.69, 9.17) is 5.11 Å². The second-order valence-electron chi connectivity index (χ2n) is 6.18. The molecule has 2 aliphatic rings. The van der Waals surface area contributed by atoms with Crippen LogP contribution in [-0.4, -0.2) is 41.8 Å². The molecular formula is C16H20F2N2O2. The molecule has 0 unspecified atom stereocenters. The molecule has 0 atom stereocenters. The van der Waals surface area contributed by atoms with Gasteiger partial charge in [-0.15, -0.1) is 0 Å². The van der Waals surface area contributed by atoms with Gasteiger partial charge in [-0.05, 0) is 37.8 Å². The summed E-state index contributed by atoms with van der Waals surface area (Å²) in [5, 5.41) is 11.8. The number of aliphatic hydroxyl groups is 1. The lowest BCUT2D eigenvalue weighted by molar-refractivity contribution is 0.173. The summed E-state index contributed by atoms with van der Waals surface area (Å²) >= 11 is 0. The number of halogens is 2. The van der Waals surface area contributed by atoms with Crippen LogP contribution in [-0.2, 0) is 5.41 Å². The van der Waals surface area contributed by atoms with Crippen molar-refractivity contribution >= 4 is 6.03 Å². The summed E-state index contributed by atoms with van der Waals surface area (Å²) in [4.78, 5) is 13.8. The Morgan fingerprint density at radius 2 is 1.95 bits per heavy atom. The second kappa shape index (κ2) is 5.83. The first-order valence-corrected chi connectivity index (χ1v) is 7.67. The van der Waals surface area contributed by atoms with Crippen molar-refractivity contribution in [3.63, 3.8) is 0 Å². The van der Waals surface area contributed by atoms with E-state index in [9.17, 15) is 13.6 Å². The fraction of sp³-hybridized carbons (Fsp3) is 0.562. The third kappa shape index (κ3) is 2.92. The molecule has 0 aliphatic heterocycles. The molecule has 1 aromatic carbocycles. The minimum absolute atomic E-state index is 0.0791. The highest BCUT2D eigenvalue weighted by Crippen LogP contribution is 2.49. The number of carbonyl (C=O) groups excluding carboxylic acids is 1. The van der Waals surface area contributed by atoms with Crippen molar-refractivity contribution in [1.29, 1.82) is 0 Å². The van der Waals surface area contributed by atoms with E-state index in [1.165, 1.54) is 18.2 Å². The number of carbonyl (C=O) groups is 1. The summed E-state index contributed by atoms with van der Waals surface area (Å²) < 4.78 is 27.9. The van der Waals surface area contributed by atoms with E-state index in [0.717, 1.165) is 12.8 Å². The van der Waals surface area contributed by atoms with E-state index in [-0.39, 0.29) is 37.3 Å². The zero-order valence-electron chi connectivity index (χ0n) is 12.3. The Labute approximate surface area is 128 Å². The van der Waals surface area contributed by atoms with Crippen LogP contribution in [0.25, 0.3) is 0 Å². The van der Waals surface area contributed by atoms with Gasteiger partial charge in [-0.2, -0.15) is 0 Å². The van der Waals surface area contributed by atoms with Crippen LogP contribution < -0.4 is 5.32 Å². The number of nitrogens with zero attached hydrogens (tertiary/aromatic N) is 1. The van der Waals surface area contributed by atoms with Crippen molar-refractivity contribution in [3.05, 3.63) is 35.4 Å². The molecule has 2 amide bonds. The Hall–Kier alpha value is -1.69. The SMILES string of the molecule is O=C(NCC1(c2c(F)cccc2F)CC1)N(CCO)C1CC1. The largest absolute Gasteiger partial charge is 0.395 e. The standard InChI is InChI=1S/C16H20F2N2O2/c17-12-2-1-3-13(18)14(12)16(6-7-16)10-19-15(22)20(8-9-21)11-4-5-11/h1-3,11,21H,4-10H2,(H,19,22). The van der Waals surface area contributed by atoms with E-state index < -0.39 is 17.0 Å². The highest BCUT2D eigenvalue weighted by atomic mass is 19.1. The van der Waals surface area contributed by atoms with Gasteiger partial charge in [0.15, 0.2) is 0 Å². The maximum atomic E-state index is 13.9. The topological polar surface area (TPSA) is 52.6 Å². The van der Waals surface area contributed by atoms with Crippen LogP contribution in [0.4, 0.5) is 13.6 Å². The Balaban J connectivity index is 1.67. The Bertz CT molecular complexity index is 551. The summed E-state index contributed by atoms with van der Waals surface area (Å²) in [5.41, 5.74) is -0.546. The molecule has 0 saturated heterocycles. The van der Waals surface area contributed by atoms with E-state index in [0.29, 0.717) is 12.8 Å². The number of aliphatic hydroxyl groups excluding tert-OH is 1. The van der Waals surface area contributed by atoms with Crippen molar-refractivity contribution in [3.8, 4) is 0 Å². The highest BCUT2D eigenvalue weighted by Gasteiger charge is 2.48. The van der Waals surface area contributed by atoms with Gasteiger partial charge < -0.3 is 15.3 Å². The van der Waals surface area contributed by atoms with E-state index >= 15 is 0 Å². The quantitative estimate of drug-likeness (QED) is 0.846. The molecular weight excluding hydrogens is 290 g/mol. The number of rotatable bonds is 6. The van der Waals surface area contributed by atoms with Crippen LogP contribution >= 0.6 is 0 Å². The number of hydrogen-bond acceptors (Lipinski definition) is 2. The van der Waals surface area contributed by atoms with Crippen LogP contribution in [0, 0.1) is 11.6 Å². The monoisotopic (exact) mass is 310 g/mol. The lowest BCUT2D eigenvalue weighted by atomic mass is 9.94. The van der Waals surface area contributed by atoms with Crippen LogP contribution in [0.15, 0.2) is 18.2 Å². The summed E-state index contributed by atoms with van der Waals surface area (Å²) in [6, 6.07) is 3.77. The Morgan fingerprint density at radius 1 is 1.32 bits per heavy atom. The van der Waals surface area contributed by atoms with E-state index in [1.54, 1.807) is 4.90 Å². The first kappa shape index (κ1) is 15.2. The molecule has 2 N–H and O–H groups in total. The summed E-state index contributed by atoms with van der Waals surface area (Å²) in [6.07, 6.45) is 3.21. The van der Waals surface area contributed by atoms with Crippen molar-refractivity contribution in [2.24, 2.45) is 0 Å². The normalized spacial score (nSPS) is 18.9. The minimum atomic E-state index is -0.625. The van der Waals surface area contributed by atoms with Gasteiger partial charge >= 0.3 is 6.03 Å². The third-order valence-electron chi connectivity index (χ3n) is 4.51. The lowest BCUT2D eigenvalue weighted by Crippen LogP contribution is -2.45. The predicted molar refractivity (Wildman–Crippen MR) is 77.5 cm³/mol. The number of benzene rings is 1. The van der Waals surface area contributed by atoms with Crippen LogP contribution in [0.3, 0.4) is 0 Å². The molecule has 6 heteroatoms. The predicted octanol–water partition coefficient (Wildman–Crippen LogP) is 2.16. The summed E-state index contributed by atoms with van der Waals surface area (Å²) in [5.74, 6) is -1.11. The molecule has 2 aliphatic carbocycles. The molecule has 0 spiro atoms. The summed E-state index contributed by atoms with van der Waals surface area (Å²) in [6.45, 7) is 0.424. The fourth-order valence-corrected chi connectivity index (χ4v) is 2.96. The van der Waals surface area contributed by atoms with Gasteiger partial charge in [-0.3, -0.25) is 0 Å². The molecule has 1 aromatic rings. The first-order valence-electron chi connectivity index (χ1n) is 7.67. The van der Waals surface area contributed by atoms with Crippen molar-refractivity contribution in [1.82, 2.24) is 10.2 Å². The van der Waals surface area contributed by atoms with Gasteiger partial charge in [0, 0.05) is 30.1 Å². The van der Waals surface area contributed by atoms with Gasteiger partial charge in [0.2, 0.25) is 0 Å². The van der Waals surface area contributed by atoms with Gasteiger partial charge in [0.1, 0.15) is 11.6 Å². The number of hydrogen-bond donors (Lipinski definition) is 2.